The summed E-state index contributed by atoms with van der Waals surface area (Å²) in [4.78, 5) is 35.9. The number of carbonyl (C=O) groups is 3. The molecule has 7 nitrogen and oxygen atoms in total. The van der Waals surface area contributed by atoms with Crippen molar-refractivity contribution in [3.8, 4) is 11.1 Å². The van der Waals surface area contributed by atoms with Crippen LogP contribution in [0.4, 0.5) is 4.79 Å². The lowest BCUT2D eigenvalue weighted by Crippen LogP contribution is -2.44. The highest BCUT2D eigenvalue weighted by atomic mass is 16.5. The summed E-state index contributed by atoms with van der Waals surface area (Å²) < 4.78 is 5.49. The van der Waals surface area contributed by atoms with E-state index in [0.29, 0.717) is 6.42 Å². The van der Waals surface area contributed by atoms with Crippen LogP contribution in [-0.4, -0.2) is 41.8 Å². The van der Waals surface area contributed by atoms with E-state index in [2.05, 4.69) is 22.8 Å². The highest BCUT2D eigenvalue weighted by molar-refractivity contribution is 5.84. The van der Waals surface area contributed by atoms with Crippen molar-refractivity contribution >= 4 is 18.0 Å². The molecule has 3 N–H and O–H groups in total. The summed E-state index contributed by atoms with van der Waals surface area (Å²) in [6, 6.07) is 14.7. The van der Waals surface area contributed by atoms with Crippen LogP contribution in [0.3, 0.4) is 0 Å². The summed E-state index contributed by atoms with van der Waals surface area (Å²) in [7, 11) is 0. The number of ether oxygens (including phenoxy) is 1. The molecular weight excluding hydrogens is 408 g/mol. The van der Waals surface area contributed by atoms with Crippen LogP contribution >= 0.6 is 0 Å². The Morgan fingerprint density at radius 2 is 1.50 bits per heavy atom. The third-order valence-corrected chi connectivity index (χ3v) is 5.54. The van der Waals surface area contributed by atoms with Crippen LogP contribution in [0.2, 0.25) is 0 Å². The van der Waals surface area contributed by atoms with Crippen molar-refractivity contribution in [1.29, 1.82) is 0 Å². The van der Waals surface area contributed by atoms with Crippen LogP contribution < -0.4 is 10.6 Å². The van der Waals surface area contributed by atoms with Gasteiger partial charge in [-0.1, -0.05) is 62.4 Å². The van der Waals surface area contributed by atoms with Gasteiger partial charge in [0.15, 0.2) is 0 Å². The standard InChI is InChI=1S/C25H30N2O5/c1-15(2)12-22(24(29)30)27-23(28)13-16(3)26-25(31)32-14-21-19-10-6-4-8-17(19)18-9-5-7-11-20(18)21/h4-11,15-16,21-22H,12-14H2,1-3H3,(H,26,31)(H,27,28)(H,29,30)/t16?,22-/m0/s1. The summed E-state index contributed by atoms with van der Waals surface area (Å²) in [5.41, 5.74) is 4.55. The van der Waals surface area contributed by atoms with Crippen LogP contribution in [0.5, 0.6) is 0 Å². The first-order valence-electron chi connectivity index (χ1n) is 10.9. The van der Waals surface area contributed by atoms with E-state index in [9.17, 15) is 19.5 Å². The lowest BCUT2D eigenvalue weighted by molar-refractivity contribution is -0.142. The first kappa shape index (κ1) is 23.3. The molecule has 0 aliphatic heterocycles. The third kappa shape index (κ3) is 5.66. The second kappa shape index (κ2) is 10.3. The van der Waals surface area contributed by atoms with E-state index in [1.165, 1.54) is 0 Å². The smallest absolute Gasteiger partial charge is 0.407 e. The van der Waals surface area contributed by atoms with Gasteiger partial charge in [-0.05, 0) is 41.5 Å². The van der Waals surface area contributed by atoms with Gasteiger partial charge in [-0.3, -0.25) is 4.79 Å². The number of amides is 2. The Labute approximate surface area is 188 Å². The average molecular weight is 439 g/mol. The van der Waals surface area contributed by atoms with Gasteiger partial charge in [0, 0.05) is 18.4 Å². The van der Waals surface area contributed by atoms with Crippen LogP contribution in [0.1, 0.15) is 50.7 Å². The van der Waals surface area contributed by atoms with Gasteiger partial charge in [-0.2, -0.15) is 0 Å². The lowest BCUT2D eigenvalue weighted by atomic mass is 9.98. The van der Waals surface area contributed by atoms with E-state index in [-0.39, 0.29) is 24.9 Å². The van der Waals surface area contributed by atoms with Gasteiger partial charge >= 0.3 is 12.1 Å². The molecular formula is C25H30N2O5. The summed E-state index contributed by atoms with van der Waals surface area (Å²) in [6.07, 6.45) is -0.300. The van der Waals surface area contributed by atoms with Crippen molar-refractivity contribution in [2.45, 2.75) is 51.6 Å². The molecule has 7 heteroatoms. The van der Waals surface area contributed by atoms with Crippen molar-refractivity contribution in [3.63, 3.8) is 0 Å². The van der Waals surface area contributed by atoms with Crippen LogP contribution in [0, 0.1) is 5.92 Å². The predicted molar refractivity (Wildman–Crippen MR) is 121 cm³/mol. The molecule has 2 amide bonds. The molecule has 0 saturated heterocycles. The zero-order chi connectivity index (χ0) is 23.3. The van der Waals surface area contributed by atoms with Crippen LogP contribution in [0.25, 0.3) is 11.1 Å². The number of rotatable bonds is 9. The number of hydrogen-bond donors (Lipinski definition) is 3. The Morgan fingerprint density at radius 1 is 0.938 bits per heavy atom. The summed E-state index contributed by atoms with van der Waals surface area (Å²) >= 11 is 0. The number of carbonyl (C=O) groups excluding carboxylic acids is 2. The minimum absolute atomic E-state index is 0.0356. The van der Waals surface area contributed by atoms with Gasteiger partial charge in [0.25, 0.3) is 0 Å². The predicted octanol–water partition coefficient (Wildman–Crippen LogP) is 3.92. The SMILES string of the molecule is CC(C)C[C@H](NC(=O)CC(C)NC(=O)OCC1c2ccccc2-c2ccccc21)C(=O)O. The first-order valence-corrected chi connectivity index (χ1v) is 10.9. The topological polar surface area (TPSA) is 105 Å². The van der Waals surface area contributed by atoms with Gasteiger partial charge in [-0.25, -0.2) is 9.59 Å². The molecule has 1 aliphatic rings. The highest BCUT2D eigenvalue weighted by Gasteiger charge is 2.29. The minimum Gasteiger partial charge on any atom is -0.480 e. The Hall–Kier alpha value is -3.35. The zero-order valence-electron chi connectivity index (χ0n) is 18.6. The second-order valence-electron chi connectivity index (χ2n) is 8.66. The number of fused-ring (bicyclic) bond motifs is 3. The van der Waals surface area contributed by atoms with Crippen LogP contribution in [0.15, 0.2) is 48.5 Å². The third-order valence-electron chi connectivity index (χ3n) is 5.54. The first-order chi connectivity index (χ1) is 15.3. The van der Waals surface area contributed by atoms with E-state index < -0.39 is 30.1 Å². The molecule has 32 heavy (non-hydrogen) atoms. The van der Waals surface area contributed by atoms with Gasteiger partial charge in [0.05, 0.1) is 0 Å². The molecule has 3 rings (SSSR count). The molecule has 0 spiro atoms. The number of alkyl carbamates (subject to hydrolysis) is 1. The summed E-state index contributed by atoms with van der Waals surface area (Å²) in [5.74, 6) is -1.40. The van der Waals surface area contributed by atoms with Crippen molar-refractivity contribution in [3.05, 3.63) is 59.7 Å². The average Bonchev–Trinajstić information content (AvgIpc) is 3.05. The molecule has 0 fully saturated rings. The minimum atomic E-state index is -1.07. The molecule has 1 aliphatic carbocycles. The Balaban J connectivity index is 1.52. The number of nitrogens with one attached hydrogen (secondary N) is 2. The molecule has 2 aromatic rings. The van der Waals surface area contributed by atoms with E-state index in [1.54, 1.807) is 6.92 Å². The molecule has 0 radical (unpaired) electrons. The zero-order valence-corrected chi connectivity index (χ0v) is 18.6. The molecule has 2 aromatic carbocycles. The van der Waals surface area contributed by atoms with Gasteiger partial charge < -0.3 is 20.5 Å². The number of carboxylic acid groups (broad SMARTS) is 1. The Kier molecular flexibility index (Phi) is 7.51. The molecule has 1 unspecified atom stereocenters. The van der Waals surface area contributed by atoms with Crippen LogP contribution in [-0.2, 0) is 14.3 Å². The Bertz CT molecular complexity index is 942. The number of aliphatic carboxylic acids is 1. The summed E-state index contributed by atoms with van der Waals surface area (Å²) in [6.45, 7) is 5.65. The largest absolute Gasteiger partial charge is 0.480 e. The molecule has 170 valence electrons. The molecule has 0 heterocycles. The van der Waals surface area contributed by atoms with Crippen molar-refractivity contribution in [2.24, 2.45) is 5.92 Å². The normalized spacial score (nSPS) is 14.2. The molecule has 0 aromatic heterocycles. The fraction of sp³-hybridized carbons (Fsp3) is 0.400. The Morgan fingerprint density at radius 3 is 2.03 bits per heavy atom. The second-order valence-corrected chi connectivity index (χ2v) is 8.66. The van der Waals surface area contributed by atoms with E-state index >= 15 is 0 Å². The molecule has 0 bridgehead atoms. The molecule has 2 atom stereocenters. The maximum atomic E-state index is 12.3. The van der Waals surface area contributed by atoms with E-state index in [0.717, 1.165) is 22.3 Å². The summed E-state index contributed by atoms with van der Waals surface area (Å²) in [5, 5.41) is 14.4. The van der Waals surface area contributed by atoms with Crippen molar-refractivity contribution in [1.82, 2.24) is 10.6 Å². The monoisotopic (exact) mass is 438 g/mol. The number of carboxylic acids is 1. The lowest BCUT2D eigenvalue weighted by Gasteiger charge is -2.19. The fourth-order valence-corrected chi connectivity index (χ4v) is 4.12. The number of hydrogen-bond acceptors (Lipinski definition) is 4. The van der Waals surface area contributed by atoms with Gasteiger partial charge in [0.2, 0.25) is 5.91 Å². The van der Waals surface area contributed by atoms with E-state index in [1.807, 2.05) is 50.2 Å². The van der Waals surface area contributed by atoms with Gasteiger partial charge in [0.1, 0.15) is 12.6 Å². The van der Waals surface area contributed by atoms with E-state index in [4.69, 9.17) is 4.74 Å². The quantitative estimate of drug-likeness (QED) is 0.550. The molecule has 0 saturated carbocycles. The number of benzene rings is 2. The van der Waals surface area contributed by atoms with Gasteiger partial charge in [-0.15, -0.1) is 0 Å². The highest BCUT2D eigenvalue weighted by Crippen LogP contribution is 2.44. The van der Waals surface area contributed by atoms with Crippen molar-refractivity contribution < 1.29 is 24.2 Å². The fourth-order valence-electron chi connectivity index (χ4n) is 4.12. The maximum absolute atomic E-state index is 12.3. The maximum Gasteiger partial charge on any atom is 0.407 e. The van der Waals surface area contributed by atoms with Crippen molar-refractivity contribution in [2.75, 3.05) is 6.61 Å².